The topological polar surface area (TPSA) is 57.6 Å². The van der Waals surface area contributed by atoms with Crippen molar-refractivity contribution in [2.75, 3.05) is 13.6 Å². The minimum atomic E-state index is -0.899. The number of carbonyl (C=O) groups excluding carboxylic acids is 1. The molecule has 0 heterocycles. The fourth-order valence-electron chi connectivity index (χ4n) is 1.47. The first kappa shape index (κ1) is 14.6. The van der Waals surface area contributed by atoms with Crippen molar-refractivity contribution in [1.82, 2.24) is 4.90 Å². The van der Waals surface area contributed by atoms with Gasteiger partial charge in [-0.05, 0) is 24.6 Å². The van der Waals surface area contributed by atoms with Gasteiger partial charge in [0.25, 0.3) is 5.91 Å². The number of carbonyl (C=O) groups is 2. The molecule has 0 aliphatic carbocycles. The predicted molar refractivity (Wildman–Crippen MR) is 67.9 cm³/mol. The molecule has 18 heavy (non-hydrogen) atoms. The van der Waals surface area contributed by atoms with Crippen LogP contribution in [0.5, 0.6) is 0 Å². The van der Waals surface area contributed by atoms with Gasteiger partial charge in [-0.15, -0.1) is 0 Å². The van der Waals surface area contributed by atoms with Crippen LogP contribution in [0, 0.1) is 5.82 Å². The molecule has 0 unspecified atom stereocenters. The molecule has 0 aromatic heterocycles. The van der Waals surface area contributed by atoms with Gasteiger partial charge in [-0.3, -0.25) is 9.59 Å². The van der Waals surface area contributed by atoms with E-state index in [1.54, 1.807) is 7.05 Å². The second-order valence-corrected chi connectivity index (χ2v) is 4.80. The molecule has 1 aromatic carbocycles. The number of hydrogen-bond donors (Lipinski definition) is 1. The fourth-order valence-corrected chi connectivity index (χ4v) is 1.93. The van der Waals surface area contributed by atoms with E-state index in [0.717, 1.165) is 6.07 Å². The quantitative estimate of drug-likeness (QED) is 0.907. The summed E-state index contributed by atoms with van der Waals surface area (Å²) < 4.78 is 13.6. The van der Waals surface area contributed by atoms with Crippen molar-refractivity contribution in [3.63, 3.8) is 0 Å². The van der Waals surface area contributed by atoms with Gasteiger partial charge in [-0.1, -0.05) is 15.9 Å². The Morgan fingerprint density at radius 2 is 2.06 bits per heavy atom. The fraction of sp³-hybridized carbons (Fsp3) is 0.333. The highest BCUT2D eigenvalue weighted by atomic mass is 79.9. The summed E-state index contributed by atoms with van der Waals surface area (Å²) >= 11 is 3.11. The van der Waals surface area contributed by atoms with Gasteiger partial charge in [0.15, 0.2) is 0 Å². The Bertz CT molecular complexity index is 444. The smallest absolute Gasteiger partial charge is 0.303 e. The zero-order chi connectivity index (χ0) is 13.7. The highest BCUT2D eigenvalue weighted by Gasteiger charge is 2.13. The SMILES string of the molecule is CN(CCCC(=O)O)C(=O)c1cc(F)cc(Br)c1. The largest absolute Gasteiger partial charge is 0.481 e. The molecule has 0 spiro atoms. The van der Waals surface area contributed by atoms with Gasteiger partial charge in [0.1, 0.15) is 5.82 Å². The number of nitrogens with zero attached hydrogens (tertiary/aromatic N) is 1. The van der Waals surface area contributed by atoms with Gasteiger partial charge >= 0.3 is 5.97 Å². The maximum absolute atomic E-state index is 13.1. The van der Waals surface area contributed by atoms with E-state index in [9.17, 15) is 14.0 Å². The lowest BCUT2D eigenvalue weighted by molar-refractivity contribution is -0.137. The van der Waals surface area contributed by atoms with Crippen molar-refractivity contribution in [1.29, 1.82) is 0 Å². The Morgan fingerprint density at radius 1 is 1.39 bits per heavy atom. The van der Waals surface area contributed by atoms with Crippen LogP contribution < -0.4 is 0 Å². The highest BCUT2D eigenvalue weighted by Crippen LogP contribution is 2.16. The standard InChI is InChI=1S/C12H13BrFNO3/c1-15(4-2-3-11(16)17)12(18)8-5-9(13)7-10(14)6-8/h5-7H,2-4H2,1H3,(H,16,17). The van der Waals surface area contributed by atoms with Crippen LogP contribution in [0.2, 0.25) is 0 Å². The first-order valence-electron chi connectivity index (χ1n) is 5.33. The lowest BCUT2D eigenvalue weighted by atomic mass is 10.2. The van der Waals surface area contributed by atoms with Crippen LogP contribution in [-0.4, -0.2) is 35.5 Å². The average molecular weight is 318 g/mol. The van der Waals surface area contributed by atoms with Crippen molar-refractivity contribution in [3.8, 4) is 0 Å². The number of carboxylic acid groups (broad SMARTS) is 1. The van der Waals surface area contributed by atoms with E-state index < -0.39 is 11.8 Å². The molecule has 0 aliphatic rings. The van der Waals surface area contributed by atoms with Gasteiger partial charge < -0.3 is 10.0 Å². The number of aliphatic carboxylic acids is 1. The van der Waals surface area contributed by atoms with E-state index in [0.29, 0.717) is 17.4 Å². The molecule has 6 heteroatoms. The van der Waals surface area contributed by atoms with Crippen molar-refractivity contribution in [3.05, 3.63) is 34.1 Å². The summed E-state index contributed by atoms with van der Waals surface area (Å²) in [4.78, 5) is 23.6. The van der Waals surface area contributed by atoms with Crippen LogP contribution >= 0.6 is 15.9 Å². The summed E-state index contributed by atoms with van der Waals surface area (Å²) in [5.41, 5.74) is 0.236. The molecular formula is C12H13BrFNO3. The van der Waals surface area contributed by atoms with Crippen molar-refractivity contribution in [2.45, 2.75) is 12.8 Å². The number of benzene rings is 1. The monoisotopic (exact) mass is 317 g/mol. The van der Waals surface area contributed by atoms with E-state index in [-0.39, 0.29) is 17.9 Å². The number of carboxylic acids is 1. The molecule has 0 radical (unpaired) electrons. The summed E-state index contributed by atoms with van der Waals surface area (Å²) in [6, 6.07) is 3.95. The molecule has 1 N–H and O–H groups in total. The molecule has 1 rings (SSSR count). The minimum absolute atomic E-state index is 0.00443. The van der Waals surface area contributed by atoms with E-state index >= 15 is 0 Å². The Hall–Kier alpha value is -1.43. The van der Waals surface area contributed by atoms with Crippen molar-refractivity contribution in [2.24, 2.45) is 0 Å². The zero-order valence-electron chi connectivity index (χ0n) is 9.82. The van der Waals surface area contributed by atoms with Crippen LogP contribution in [0.15, 0.2) is 22.7 Å². The lowest BCUT2D eigenvalue weighted by Gasteiger charge is -2.16. The summed E-state index contributed by atoms with van der Waals surface area (Å²) in [5, 5.41) is 8.50. The third-order valence-corrected chi connectivity index (χ3v) is 2.80. The third-order valence-electron chi connectivity index (χ3n) is 2.34. The summed E-state index contributed by atoms with van der Waals surface area (Å²) in [6.07, 6.45) is 0.374. The Kier molecular flexibility index (Phi) is 5.27. The first-order valence-corrected chi connectivity index (χ1v) is 6.13. The average Bonchev–Trinajstić information content (AvgIpc) is 2.26. The number of halogens is 2. The maximum Gasteiger partial charge on any atom is 0.303 e. The lowest BCUT2D eigenvalue weighted by Crippen LogP contribution is -2.28. The maximum atomic E-state index is 13.1. The molecule has 0 aliphatic heterocycles. The van der Waals surface area contributed by atoms with Crippen molar-refractivity contribution < 1.29 is 19.1 Å². The minimum Gasteiger partial charge on any atom is -0.481 e. The number of amides is 1. The molecule has 1 amide bonds. The highest BCUT2D eigenvalue weighted by molar-refractivity contribution is 9.10. The van der Waals surface area contributed by atoms with Gasteiger partial charge in [0.05, 0.1) is 0 Å². The first-order chi connectivity index (χ1) is 8.40. The molecule has 1 aromatic rings. The molecule has 0 saturated carbocycles. The molecule has 0 atom stereocenters. The second kappa shape index (κ2) is 6.49. The van der Waals surface area contributed by atoms with Crippen LogP contribution in [0.4, 0.5) is 4.39 Å². The molecular weight excluding hydrogens is 305 g/mol. The Morgan fingerprint density at radius 3 is 2.61 bits per heavy atom. The molecule has 0 fully saturated rings. The molecule has 98 valence electrons. The van der Waals surface area contributed by atoms with Crippen LogP contribution in [-0.2, 0) is 4.79 Å². The number of hydrogen-bond acceptors (Lipinski definition) is 2. The van der Waals surface area contributed by atoms with Gasteiger partial charge in [-0.2, -0.15) is 0 Å². The van der Waals surface area contributed by atoms with Crippen LogP contribution in [0.3, 0.4) is 0 Å². The third kappa shape index (κ3) is 4.44. The molecule has 4 nitrogen and oxygen atoms in total. The van der Waals surface area contributed by atoms with Crippen molar-refractivity contribution >= 4 is 27.8 Å². The van der Waals surface area contributed by atoms with Crippen LogP contribution in [0.25, 0.3) is 0 Å². The number of rotatable bonds is 5. The zero-order valence-corrected chi connectivity index (χ0v) is 11.4. The molecule has 0 bridgehead atoms. The Labute approximate surface area is 113 Å². The van der Waals surface area contributed by atoms with Gasteiger partial charge in [-0.25, -0.2) is 4.39 Å². The summed E-state index contributed by atoms with van der Waals surface area (Å²) in [5.74, 6) is -1.73. The van der Waals surface area contributed by atoms with E-state index in [2.05, 4.69) is 15.9 Å². The normalized spacial score (nSPS) is 10.2. The van der Waals surface area contributed by atoms with E-state index in [1.807, 2.05) is 0 Å². The molecule has 0 saturated heterocycles. The van der Waals surface area contributed by atoms with Gasteiger partial charge in [0, 0.05) is 30.0 Å². The predicted octanol–water partition coefficient (Wildman–Crippen LogP) is 2.53. The Balaban J connectivity index is 2.65. The summed E-state index contributed by atoms with van der Waals surface area (Å²) in [6.45, 7) is 0.319. The van der Waals surface area contributed by atoms with Crippen LogP contribution in [0.1, 0.15) is 23.2 Å². The summed E-state index contributed by atoms with van der Waals surface area (Å²) in [7, 11) is 1.56. The van der Waals surface area contributed by atoms with Gasteiger partial charge in [0.2, 0.25) is 0 Å². The van der Waals surface area contributed by atoms with E-state index in [1.165, 1.54) is 17.0 Å². The van der Waals surface area contributed by atoms with E-state index in [4.69, 9.17) is 5.11 Å². The second-order valence-electron chi connectivity index (χ2n) is 3.88.